The van der Waals surface area contributed by atoms with Crippen molar-refractivity contribution >= 4 is 17.4 Å². The fourth-order valence-electron chi connectivity index (χ4n) is 2.10. The molecule has 0 bridgehead atoms. The predicted molar refractivity (Wildman–Crippen MR) is 79.5 cm³/mol. The molecule has 104 valence electrons. The van der Waals surface area contributed by atoms with Crippen molar-refractivity contribution in [2.75, 3.05) is 0 Å². The van der Waals surface area contributed by atoms with Crippen LogP contribution < -0.4 is 0 Å². The van der Waals surface area contributed by atoms with Crippen LogP contribution in [0.1, 0.15) is 23.3 Å². The third-order valence-electron chi connectivity index (χ3n) is 3.33. The zero-order chi connectivity index (χ0) is 13.8. The molecule has 0 saturated heterocycles. The summed E-state index contributed by atoms with van der Waals surface area (Å²) in [5.74, 6) is 0. The second-order valence-electron chi connectivity index (χ2n) is 4.98. The van der Waals surface area contributed by atoms with Crippen LogP contribution in [0.3, 0.4) is 0 Å². The van der Waals surface area contributed by atoms with Gasteiger partial charge in [0.1, 0.15) is 6.61 Å². The van der Waals surface area contributed by atoms with Gasteiger partial charge in [-0.05, 0) is 29.9 Å². The van der Waals surface area contributed by atoms with Crippen LogP contribution in [-0.2, 0) is 17.9 Å². The van der Waals surface area contributed by atoms with Gasteiger partial charge in [0.05, 0.1) is 6.54 Å². The molecule has 4 heteroatoms. The van der Waals surface area contributed by atoms with Gasteiger partial charge < -0.3 is 9.64 Å². The summed E-state index contributed by atoms with van der Waals surface area (Å²) in [5, 5.41) is 2.04. The lowest BCUT2D eigenvalue weighted by Crippen LogP contribution is -2.32. The number of carbonyl (C=O) groups excluding carboxylic acids is 1. The Kier molecular flexibility index (Phi) is 4.02. The summed E-state index contributed by atoms with van der Waals surface area (Å²) in [6.45, 7) is 1.00. The summed E-state index contributed by atoms with van der Waals surface area (Å²) in [4.78, 5) is 15.3. The van der Waals surface area contributed by atoms with E-state index in [-0.39, 0.29) is 6.09 Å². The van der Waals surface area contributed by atoms with Gasteiger partial charge >= 0.3 is 6.09 Å². The molecule has 1 saturated carbocycles. The number of benzene rings is 1. The lowest BCUT2D eigenvalue weighted by molar-refractivity contribution is 0.0913. The molecule has 1 amide bonds. The molecule has 3 nitrogen and oxygen atoms in total. The highest BCUT2D eigenvalue weighted by atomic mass is 32.1. The number of ether oxygens (including phenoxy) is 1. The van der Waals surface area contributed by atoms with E-state index >= 15 is 0 Å². The van der Waals surface area contributed by atoms with Crippen molar-refractivity contribution < 1.29 is 9.53 Å². The monoisotopic (exact) mass is 287 g/mol. The van der Waals surface area contributed by atoms with Gasteiger partial charge in [0, 0.05) is 10.9 Å². The lowest BCUT2D eigenvalue weighted by Gasteiger charge is -2.21. The molecule has 0 N–H and O–H groups in total. The fraction of sp³-hybridized carbons (Fsp3) is 0.312. The van der Waals surface area contributed by atoms with Crippen molar-refractivity contribution in [1.82, 2.24) is 4.90 Å². The SMILES string of the molecule is O=C(OCc1ccccc1)N(Cc1cccs1)C1CC1. The van der Waals surface area contributed by atoms with Gasteiger partial charge in [-0.1, -0.05) is 36.4 Å². The normalized spacial score (nSPS) is 14.0. The summed E-state index contributed by atoms with van der Waals surface area (Å²) in [7, 11) is 0. The molecule has 3 rings (SSSR count). The molecule has 0 atom stereocenters. The largest absolute Gasteiger partial charge is 0.445 e. The van der Waals surface area contributed by atoms with E-state index in [1.165, 1.54) is 4.88 Å². The average molecular weight is 287 g/mol. The van der Waals surface area contributed by atoms with E-state index in [2.05, 4.69) is 6.07 Å². The molecule has 0 aliphatic heterocycles. The van der Waals surface area contributed by atoms with Gasteiger partial charge in [-0.2, -0.15) is 0 Å². The first-order valence-electron chi connectivity index (χ1n) is 6.82. The summed E-state index contributed by atoms with van der Waals surface area (Å²) < 4.78 is 5.43. The molecule has 0 unspecified atom stereocenters. The Morgan fingerprint density at radius 1 is 1.20 bits per heavy atom. The number of nitrogens with zero attached hydrogens (tertiary/aromatic N) is 1. The molecule has 20 heavy (non-hydrogen) atoms. The van der Waals surface area contributed by atoms with Crippen molar-refractivity contribution in [3.63, 3.8) is 0 Å². The molecule has 1 aliphatic carbocycles. The van der Waals surface area contributed by atoms with Gasteiger partial charge in [0.15, 0.2) is 0 Å². The average Bonchev–Trinajstić information content (AvgIpc) is 3.20. The van der Waals surface area contributed by atoms with Crippen molar-refractivity contribution in [3.8, 4) is 0 Å². The third kappa shape index (κ3) is 3.39. The van der Waals surface area contributed by atoms with E-state index < -0.39 is 0 Å². The molecule has 1 heterocycles. The summed E-state index contributed by atoms with van der Waals surface area (Å²) in [5.41, 5.74) is 1.02. The summed E-state index contributed by atoms with van der Waals surface area (Å²) in [6, 6.07) is 14.2. The number of thiophene rings is 1. The molecular weight excluding hydrogens is 270 g/mol. The minimum Gasteiger partial charge on any atom is -0.445 e. The van der Waals surface area contributed by atoms with E-state index in [1.807, 2.05) is 46.7 Å². The minimum absolute atomic E-state index is 0.204. The Morgan fingerprint density at radius 2 is 2.00 bits per heavy atom. The molecule has 1 aromatic heterocycles. The van der Waals surface area contributed by atoms with E-state index in [0.29, 0.717) is 19.2 Å². The number of amides is 1. The zero-order valence-corrected chi connectivity index (χ0v) is 12.0. The van der Waals surface area contributed by atoms with Crippen LogP contribution in [0, 0.1) is 0 Å². The lowest BCUT2D eigenvalue weighted by atomic mass is 10.2. The first-order chi connectivity index (χ1) is 9.83. The first-order valence-corrected chi connectivity index (χ1v) is 7.70. The third-order valence-corrected chi connectivity index (χ3v) is 4.19. The highest BCUT2D eigenvalue weighted by molar-refractivity contribution is 7.09. The maximum atomic E-state index is 12.2. The van der Waals surface area contributed by atoms with Crippen molar-refractivity contribution in [1.29, 1.82) is 0 Å². The second-order valence-corrected chi connectivity index (χ2v) is 6.01. The predicted octanol–water partition coefficient (Wildman–Crippen LogP) is 4.05. The van der Waals surface area contributed by atoms with E-state index in [0.717, 1.165) is 18.4 Å². The van der Waals surface area contributed by atoms with Crippen LogP contribution in [0.25, 0.3) is 0 Å². The Morgan fingerprint density at radius 3 is 2.65 bits per heavy atom. The number of carbonyl (C=O) groups is 1. The van der Waals surface area contributed by atoms with Crippen LogP contribution in [0.15, 0.2) is 47.8 Å². The quantitative estimate of drug-likeness (QED) is 0.830. The molecule has 0 spiro atoms. The molecule has 1 aromatic carbocycles. The van der Waals surface area contributed by atoms with Gasteiger partial charge in [-0.15, -0.1) is 11.3 Å². The van der Waals surface area contributed by atoms with Crippen molar-refractivity contribution in [2.24, 2.45) is 0 Å². The molecule has 1 fully saturated rings. The van der Waals surface area contributed by atoms with Crippen LogP contribution in [0.5, 0.6) is 0 Å². The van der Waals surface area contributed by atoms with E-state index in [1.54, 1.807) is 11.3 Å². The topological polar surface area (TPSA) is 29.5 Å². The zero-order valence-electron chi connectivity index (χ0n) is 11.2. The molecular formula is C16H17NO2S. The molecule has 2 aromatic rings. The summed E-state index contributed by atoms with van der Waals surface area (Å²) in [6.07, 6.45) is 1.97. The highest BCUT2D eigenvalue weighted by Gasteiger charge is 2.33. The van der Waals surface area contributed by atoms with Gasteiger partial charge in [-0.3, -0.25) is 0 Å². The van der Waals surface area contributed by atoms with Gasteiger partial charge in [0.2, 0.25) is 0 Å². The van der Waals surface area contributed by atoms with Crippen LogP contribution >= 0.6 is 11.3 Å². The van der Waals surface area contributed by atoms with Crippen LogP contribution in [0.4, 0.5) is 4.79 Å². The Hall–Kier alpha value is -1.81. The summed E-state index contributed by atoms with van der Waals surface area (Å²) >= 11 is 1.68. The van der Waals surface area contributed by atoms with E-state index in [4.69, 9.17) is 4.74 Å². The van der Waals surface area contributed by atoms with Crippen molar-refractivity contribution in [3.05, 3.63) is 58.3 Å². The van der Waals surface area contributed by atoms with Gasteiger partial charge in [0.25, 0.3) is 0 Å². The minimum atomic E-state index is -0.204. The second kappa shape index (κ2) is 6.09. The van der Waals surface area contributed by atoms with Crippen LogP contribution in [-0.4, -0.2) is 17.0 Å². The Bertz CT molecular complexity index is 549. The van der Waals surface area contributed by atoms with Gasteiger partial charge in [-0.25, -0.2) is 4.79 Å². The Balaban J connectivity index is 1.58. The number of rotatable bonds is 5. The molecule has 0 radical (unpaired) electrons. The first kappa shape index (κ1) is 13.2. The number of hydrogen-bond donors (Lipinski definition) is 0. The highest BCUT2D eigenvalue weighted by Crippen LogP contribution is 2.29. The maximum Gasteiger partial charge on any atom is 0.410 e. The smallest absolute Gasteiger partial charge is 0.410 e. The van der Waals surface area contributed by atoms with Crippen molar-refractivity contribution in [2.45, 2.75) is 32.0 Å². The molecule has 1 aliphatic rings. The standard InChI is InChI=1S/C16H17NO2S/c18-16(19-12-13-5-2-1-3-6-13)17(14-8-9-14)11-15-7-4-10-20-15/h1-7,10,14H,8-9,11-12H2. The van der Waals surface area contributed by atoms with E-state index in [9.17, 15) is 4.79 Å². The number of hydrogen-bond acceptors (Lipinski definition) is 3. The van der Waals surface area contributed by atoms with Crippen LogP contribution in [0.2, 0.25) is 0 Å². The fourth-order valence-corrected chi connectivity index (χ4v) is 2.80. The Labute approximate surface area is 122 Å². The maximum absolute atomic E-state index is 12.2.